The number of hydrogen-bond acceptors (Lipinski definition) is 6. The van der Waals surface area contributed by atoms with Gasteiger partial charge in [0.15, 0.2) is 0 Å². The molecule has 1 aromatic heterocycles. The topological polar surface area (TPSA) is 94.8 Å². The van der Waals surface area contributed by atoms with Gasteiger partial charge in [-0.25, -0.2) is 4.79 Å². The highest BCUT2D eigenvalue weighted by Crippen LogP contribution is 2.26. The van der Waals surface area contributed by atoms with Crippen LogP contribution in [0, 0.1) is 0 Å². The average Bonchev–Trinajstić information content (AvgIpc) is 2.73. The van der Waals surface area contributed by atoms with Crippen molar-refractivity contribution in [3.8, 4) is 5.75 Å². The minimum absolute atomic E-state index is 0.143. The molecule has 1 atom stereocenters. The number of benzene rings is 2. The Morgan fingerprint density at radius 2 is 1.93 bits per heavy atom. The Bertz CT molecular complexity index is 1140. The van der Waals surface area contributed by atoms with E-state index in [4.69, 9.17) is 25.5 Å². The van der Waals surface area contributed by atoms with Gasteiger partial charge < -0.3 is 19.2 Å². The first-order valence-corrected chi connectivity index (χ1v) is 9.63. The van der Waals surface area contributed by atoms with E-state index >= 15 is 0 Å². The lowest BCUT2D eigenvalue weighted by atomic mass is 10.0. The van der Waals surface area contributed by atoms with Gasteiger partial charge in [-0.2, -0.15) is 0 Å². The summed E-state index contributed by atoms with van der Waals surface area (Å²) in [5.74, 6) is -0.639. The molecule has 0 bridgehead atoms. The minimum atomic E-state index is -0.792. The number of halogens is 1. The number of amides is 1. The molecule has 1 heterocycles. The van der Waals surface area contributed by atoms with E-state index in [2.05, 4.69) is 5.32 Å². The van der Waals surface area contributed by atoms with E-state index < -0.39 is 23.5 Å². The molecule has 0 aliphatic heterocycles. The van der Waals surface area contributed by atoms with Crippen LogP contribution in [0.4, 0.5) is 0 Å². The summed E-state index contributed by atoms with van der Waals surface area (Å²) < 4.78 is 15.4. The van der Waals surface area contributed by atoms with Crippen molar-refractivity contribution in [2.75, 3.05) is 13.7 Å². The standard InChI is InChI=1S/C22H20ClNO6/c1-3-29-20(25)12-18(15-6-4-5-7-17(15)23)24-21(26)16-11-13-10-14(28-2)8-9-19(13)30-22(16)27/h4-11,18H,3,12H2,1-2H3,(H,24,26)/t18-/m0/s1. The molecule has 0 unspecified atom stereocenters. The van der Waals surface area contributed by atoms with Gasteiger partial charge in [-0.15, -0.1) is 0 Å². The van der Waals surface area contributed by atoms with Crippen molar-refractivity contribution in [1.82, 2.24) is 5.32 Å². The summed E-state index contributed by atoms with van der Waals surface area (Å²) >= 11 is 6.25. The highest BCUT2D eigenvalue weighted by molar-refractivity contribution is 6.31. The zero-order chi connectivity index (χ0) is 21.7. The summed E-state index contributed by atoms with van der Waals surface area (Å²) in [4.78, 5) is 37.3. The van der Waals surface area contributed by atoms with E-state index in [0.717, 1.165) is 0 Å². The maximum absolute atomic E-state index is 12.9. The van der Waals surface area contributed by atoms with Gasteiger partial charge in [-0.1, -0.05) is 29.8 Å². The lowest BCUT2D eigenvalue weighted by Gasteiger charge is -2.19. The van der Waals surface area contributed by atoms with Crippen molar-refractivity contribution < 1.29 is 23.5 Å². The van der Waals surface area contributed by atoms with Crippen LogP contribution in [-0.4, -0.2) is 25.6 Å². The lowest BCUT2D eigenvalue weighted by molar-refractivity contribution is -0.143. The number of hydrogen-bond donors (Lipinski definition) is 1. The summed E-state index contributed by atoms with van der Waals surface area (Å²) in [5, 5.41) is 3.60. The van der Waals surface area contributed by atoms with Crippen LogP contribution in [0.1, 0.15) is 35.3 Å². The van der Waals surface area contributed by atoms with Gasteiger partial charge in [0.2, 0.25) is 0 Å². The molecular formula is C22H20ClNO6. The molecule has 0 aliphatic carbocycles. The van der Waals surface area contributed by atoms with Crippen LogP contribution in [0.5, 0.6) is 5.75 Å². The number of carbonyl (C=O) groups excluding carboxylic acids is 2. The predicted molar refractivity (Wildman–Crippen MR) is 112 cm³/mol. The molecule has 0 radical (unpaired) electrons. The largest absolute Gasteiger partial charge is 0.497 e. The predicted octanol–water partition coefficient (Wildman–Crippen LogP) is 3.88. The fraction of sp³-hybridized carbons (Fsp3) is 0.227. The summed E-state index contributed by atoms with van der Waals surface area (Å²) in [5.41, 5.74) is -0.130. The Labute approximate surface area is 177 Å². The smallest absolute Gasteiger partial charge is 0.349 e. The summed E-state index contributed by atoms with van der Waals surface area (Å²) in [6.07, 6.45) is -0.143. The number of esters is 1. The third-order valence-electron chi connectivity index (χ3n) is 4.45. The maximum atomic E-state index is 12.9. The molecule has 0 aliphatic rings. The quantitative estimate of drug-likeness (QED) is 0.452. The first-order chi connectivity index (χ1) is 14.4. The Morgan fingerprint density at radius 3 is 2.63 bits per heavy atom. The van der Waals surface area contributed by atoms with E-state index in [1.165, 1.54) is 13.2 Å². The molecule has 8 heteroatoms. The maximum Gasteiger partial charge on any atom is 0.349 e. The zero-order valence-corrected chi connectivity index (χ0v) is 17.2. The molecule has 156 valence electrons. The Kier molecular flexibility index (Phi) is 6.74. The summed E-state index contributed by atoms with van der Waals surface area (Å²) in [6.45, 7) is 1.90. The third-order valence-corrected chi connectivity index (χ3v) is 4.79. The van der Waals surface area contributed by atoms with Crippen LogP contribution in [-0.2, 0) is 9.53 Å². The third kappa shape index (κ3) is 4.80. The van der Waals surface area contributed by atoms with Gasteiger partial charge in [0.05, 0.1) is 26.2 Å². The number of carbonyl (C=O) groups is 2. The molecule has 0 saturated carbocycles. The molecule has 7 nitrogen and oxygen atoms in total. The molecule has 3 rings (SSSR count). The Morgan fingerprint density at radius 1 is 1.17 bits per heavy atom. The molecule has 2 aromatic carbocycles. The van der Waals surface area contributed by atoms with Crippen molar-refractivity contribution in [1.29, 1.82) is 0 Å². The second-order valence-electron chi connectivity index (χ2n) is 6.41. The van der Waals surface area contributed by atoms with E-state index in [1.807, 2.05) is 0 Å². The molecule has 0 saturated heterocycles. The van der Waals surface area contributed by atoms with Crippen LogP contribution in [0.3, 0.4) is 0 Å². The average molecular weight is 430 g/mol. The zero-order valence-electron chi connectivity index (χ0n) is 16.4. The van der Waals surface area contributed by atoms with Crippen molar-refractivity contribution in [3.05, 3.63) is 75.1 Å². The number of methoxy groups -OCH3 is 1. The molecule has 1 N–H and O–H groups in total. The highest BCUT2D eigenvalue weighted by atomic mass is 35.5. The second-order valence-corrected chi connectivity index (χ2v) is 6.82. The Hall–Kier alpha value is -3.32. The number of fused-ring (bicyclic) bond motifs is 1. The van der Waals surface area contributed by atoms with Gasteiger partial charge >= 0.3 is 11.6 Å². The normalized spacial score (nSPS) is 11.7. The molecule has 30 heavy (non-hydrogen) atoms. The fourth-order valence-corrected chi connectivity index (χ4v) is 3.27. The summed E-state index contributed by atoms with van der Waals surface area (Å²) in [6, 6.07) is 12.3. The molecule has 1 amide bonds. The highest BCUT2D eigenvalue weighted by Gasteiger charge is 2.24. The van der Waals surface area contributed by atoms with Crippen molar-refractivity contribution >= 4 is 34.4 Å². The van der Waals surface area contributed by atoms with E-state index in [-0.39, 0.29) is 18.6 Å². The van der Waals surface area contributed by atoms with Gasteiger partial charge in [-0.05, 0) is 42.8 Å². The van der Waals surface area contributed by atoms with Crippen molar-refractivity contribution in [2.45, 2.75) is 19.4 Å². The Balaban J connectivity index is 1.95. The van der Waals surface area contributed by atoms with Crippen molar-refractivity contribution in [2.24, 2.45) is 0 Å². The first kappa shape index (κ1) is 21.4. The van der Waals surface area contributed by atoms with Crippen LogP contribution in [0.25, 0.3) is 11.0 Å². The van der Waals surface area contributed by atoms with Crippen LogP contribution < -0.4 is 15.7 Å². The van der Waals surface area contributed by atoms with E-state index in [0.29, 0.717) is 27.3 Å². The SMILES string of the molecule is CCOC(=O)C[C@H](NC(=O)c1cc2cc(OC)ccc2oc1=O)c1ccccc1Cl. The molecule has 3 aromatic rings. The minimum Gasteiger partial charge on any atom is -0.497 e. The van der Waals surface area contributed by atoms with Crippen LogP contribution >= 0.6 is 11.6 Å². The fourth-order valence-electron chi connectivity index (χ4n) is 3.01. The van der Waals surface area contributed by atoms with E-state index in [9.17, 15) is 14.4 Å². The van der Waals surface area contributed by atoms with Gasteiger partial charge in [0, 0.05) is 10.4 Å². The van der Waals surface area contributed by atoms with Crippen LogP contribution in [0.2, 0.25) is 5.02 Å². The first-order valence-electron chi connectivity index (χ1n) is 9.25. The number of rotatable bonds is 7. The molecular weight excluding hydrogens is 410 g/mol. The van der Waals surface area contributed by atoms with Gasteiger partial charge in [-0.3, -0.25) is 9.59 Å². The second kappa shape index (κ2) is 9.45. The molecule has 0 fully saturated rings. The van der Waals surface area contributed by atoms with Gasteiger partial charge in [0.25, 0.3) is 5.91 Å². The summed E-state index contributed by atoms with van der Waals surface area (Å²) in [7, 11) is 1.51. The van der Waals surface area contributed by atoms with Gasteiger partial charge in [0.1, 0.15) is 16.9 Å². The number of ether oxygens (including phenoxy) is 2. The van der Waals surface area contributed by atoms with Crippen LogP contribution in [0.15, 0.2) is 57.7 Å². The molecule has 0 spiro atoms. The van der Waals surface area contributed by atoms with E-state index in [1.54, 1.807) is 49.4 Å². The lowest BCUT2D eigenvalue weighted by Crippen LogP contribution is -2.33. The monoisotopic (exact) mass is 429 g/mol. The van der Waals surface area contributed by atoms with Crippen molar-refractivity contribution in [3.63, 3.8) is 0 Å². The number of nitrogens with one attached hydrogen (secondary N) is 1.